The number of ether oxygens (including phenoxy) is 1. The van der Waals surface area contributed by atoms with Crippen LogP contribution in [0.25, 0.3) is 11.0 Å². The molecule has 13 heteroatoms. The number of rotatable bonds is 5. The first-order chi connectivity index (χ1) is 16.7. The number of fused-ring (bicyclic) bond motifs is 1. The number of hydrogen-bond acceptors (Lipinski definition) is 11. The van der Waals surface area contributed by atoms with Crippen LogP contribution in [-0.4, -0.2) is 55.8 Å². The number of hydrogen-bond donors (Lipinski definition) is 3. The molecule has 0 saturated carbocycles. The lowest BCUT2D eigenvalue weighted by Crippen LogP contribution is -2.44. The number of aliphatic hydroxyl groups excluding tert-OH is 1. The van der Waals surface area contributed by atoms with E-state index >= 15 is 0 Å². The second-order valence-corrected chi connectivity index (χ2v) is 10.2. The van der Waals surface area contributed by atoms with Gasteiger partial charge in [-0.1, -0.05) is 12.1 Å². The van der Waals surface area contributed by atoms with Crippen LogP contribution in [0.15, 0.2) is 42.9 Å². The highest BCUT2D eigenvalue weighted by molar-refractivity contribution is 7.48. The second-order valence-electron chi connectivity index (χ2n) is 8.61. The average molecular weight is 501 g/mol. The number of aromatic nitrogens is 3. The lowest BCUT2D eigenvalue weighted by Gasteiger charge is -2.30. The van der Waals surface area contributed by atoms with Gasteiger partial charge >= 0.3 is 7.82 Å². The quantitative estimate of drug-likeness (QED) is 0.437. The number of anilines is 1. The monoisotopic (exact) mass is 501 g/mol. The van der Waals surface area contributed by atoms with Crippen LogP contribution >= 0.6 is 7.82 Å². The summed E-state index contributed by atoms with van der Waals surface area (Å²) < 4.78 is 37.1. The maximum absolute atomic E-state index is 13.2. The molecular formula is C22H24N5O7P. The number of phosphoric acid groups is 1. The highest BCUT2D eigenvalue weighted by atomic mass is 31.2. The Labute approximate surface area is 200 Å². The summed E-state index contributed by atoms with van der Waals surface area (Å²) in [5.41, 5.74) is 5.71. The van der Waals surface area contributed by atoms with Crippen LogP contribution in [0.3, 0.4) is 0 Å². The summed E-state index contributed by atoms with van der Waals surface area (Å²) in [6.07, 6.45) is -0.720. The fourth-order valence-corrected chi connectivity index (χ4v) is 5.73. The van der Waals surface area contributed by atoms with Gasteiger partial charge in [0, 0.05) is 12.6 Å². The first-order valence-electron chi connectivity index (χ1n) is 10.9. The van der Waals surface area contributed by atoms with E-state index in [4.69, 9.17) is 29.3 Å². The molecule has 0 bridgehead atoms. The first-order valence-corrected chi connectivity index (χ1v) is 12.4. The zero-order valence-corrected chi connectivity index (χ0v) is 19.6. The van der Waals surface area contributed by atoms with Gasteiger partial charge < -0.3 is 25.3 Å². The summed E-state index contributed by atoms with van der Waals surface area (Å²) in [7, 11) is -4.00. The maximum Gasteiger partial charge on any atom is 0.475 e. The Morgan fingerprint density at radius 1 is 1.40 bits per heavy atom. The van der Waals surface area contributed by atoms with Crippen LogP contribution in [-0.2, 0) is 22.9 Å². The fraction of sp³-hybridized carbons (Fsp3) is 0.409. The predicted molar refractivity (Wildman–Crippen MR) is 122 cm³/mol. The van der Waals surface area contributed by atoms with Crippen molar-refractivity contribution < 1.29 is 33.1 Å². The fourth-order valence-electron chi connectivity index (χ4n) is 4.34. The SMILES string of the molecule is C[C@@]1(O)[C@H](O)[C@@H](COP2(=O)OCC[C@H](c3cccc(C#N)c3)O2)O[C@H]1n1ccc2c(N)ncnc21. The van der Waals surface area contributed by atoms with Crippen molar-refractivity contribution in [2.75, 3.05) is 18.9 Å². The molecule has 1 aromatic carbocycles. The van der Waals surface area contributed by atoms with E-state index in [1.165, 1.54) is 13.3 Å². The number of aliphatic hydroxyl groups is 2. The molecule has 0 amide bonds. The van der Waals surface area contributed by atoms with Crippen LogP contribution in [0.2, 0.25) is 0 Å². The Morgan fingerprint density at radius 3 is 3.03 bits per heavy atom. The molecule has 4 N–H and O–H groups in total. The molecule has 2 aliphatic rings. The Kier molecular flexibility index (Phi) is 6.11. The molecule has 6 atom stereocenters. The smallest absolute Gasteiger partial charge is 0.387 e. The standard InChI is InChI=1S/C22H24N5O7P/c1-22(29)18(28)17(33-21(22)27-7-5-15-19(24)25-12-26-20(15)27)11-32-35(30)31-8-6-16(34-35)14-4-2-3-13(9-14)10-23/h2-5,7,9,12,16-18,21,28-29H,6,8,11H2,1H3,(H2,24,25,26)/t16-,17-,18-,21-,22-,35?/m1/s1. The third-order valence-corrected chi connectivity index (χ3v) is 7.69. The average Bonchev–Trinajstić information content (AvgIpc) is 3.37. The third kappa shape index (κ3) is 4.32. The minimum atomic E-state index is -4.00. The number of nitrogen functional groups attached to an aromatic ring is 1. The summed E-state index contributed by atoms with van der Waals surface area (Å²) in [4.78, 5) is 8.15. The molecule has 2 aromatic heterocycles. The number of phosphoric ester groups is 1. The zero-order chi connectivity index (χ0) is 24.8. The van der Waals surface area contributed by atoms with E-state index in [1.807, 2.05) is 0 Å². The molecule has 0 radical (unpaired) electrons. The summed E-state index contributed by atoms with van der Waals surface area (Å²) >= 11 is 0. The van der Waals surface area contributed by atoms with Crippen LogP contribution < -0.4 is 5.73 Å². The highest BCUT2D eigenvalue weighted by Gasteiger charge is 2.54. The van der Waals surface area contributed by atoms with Crippen LogP contribution in [0.5, 0.6) is 0 Å². The molecule has 0 aliphatic carbocycles. The van der Waals surface area contributed by atoms with Crippen molar-refractivity contribution in [1.82, 2.24) is 14.5 Å². The summed E-state index contributed by atoms with van der Waals surface area (Å²) in [6, 6.07) is 10.5. The van der Waals surface area contributed by atoms with Gasteiger partial charge in [-0.05, 0) is 30.7 Å². The van der Waals surface area contributed by atoms with E-state index in [2.05, 4.69) is 16.0 Å². The zero-order valence-electron chi connectivity index (χ0n) is 18.7. The molecular weight excluding hydrogens is 477 g/mol. The van der Waals surface area contributed by atoms with Gasteiger partial charge in [0.25, 0.3) is 0 Å². The van der Waals surface area contributed by atoms with Crippen molar-refractivity contribution in [1.29, 1.82) is 5.26 Å². The van der Waals surface area contributed by atoms with Crippen molar-refractivity contribution in [3.8, 4) is 6.07 Å². The predicted octanol–water partition coefficient (Wildman–Crippen LogP) is 2.20. The third-order valence-electron chi connectivity index (χ3n) is 6.22. The van der Waals surface area contributed by atoms with Crippen molar-refractivity contribution in [3.63, 3.8) is 0 Å². The van der Waals surface area contributed by atoms with Crippen molar-refractivity contribution >= 4 is 24.7 Å². The van der Waals surface area contributed by atoms with E-state index in [0.29, 0.717) is 28.6 Å². The molecule has 2 fully saturated rings. The lowest BCUT2D eigenvalue weighted by molar-refractivity contribution is -0.0950. The summed E-state index contributed by atoms with van der Waals surface area (Å²) in [5, 5.41) is 31.5. The van der Waals surface area contributed by atoms with Gasteiger partial charge in [-0.25, -0.2) is 14.5 Å². The van der Waals surface area contributed by atoms with Crippen molar-refractivity contribution in [2.45, 2.75) is 43.5 Å². The molecule has 35 heavy (non-hydrogen) atoms. The maximum atomic E-state index is 13.2. The van der Waals surface area contributed by atoms with Gasteiger partial charge in [0.15, 0.2) is 6.23 Å². The number of nitrogens with zero attached hydrogens (tertiary/aromatic N) is 4. The Balaban J connectivity index is 1.31. The molecule has 5 rings (SSSR count). The van der Waals surface area contributed by atoms with Gasteiger partial charge in [-0.3, -0.25) is 13.6 Å². The molecule has 2 aliphatic heterocycles. The van der Waals surface area contributed by atoms with Crippen LogP contribution in [0, 0.1) is 11.3 Å². The molecule has 2 saturated heterocycles. The van der Waals surface area contributed by atoms with E-state index in [1.54, 1.807) is 41.1 Å². The lowest BCUT2D eigenvalue weighted by atomic mass is 9.96. The second kappa shape index (κ2) is 8.96. The van der Waals surface area contributed by atoms with Crippen LogP contribution in [0.4, 0.5) is 5.82 Å². The molecule has 184 valence electrons. The number of nitriles is 1. The van der Waals surface area contributed by atoms with E-state index in [0.717, 1.165) is 0 Å². The molecule has 0 spiro atoms. The van der Waals surface area contributed by atoms with Gasteiger partial charge in [-0.2, -0.15) is 5.26 Å². The van der Waals surface area contributed by atoms with Crippen molar-refractivity contribution in [2.24, 2.45) is 0 Å². The van der Waals surface area contributed by atoms with Gasteiger partial charge in [0.1, 0.15) is 35.6 Å². The minimum absolute atomic E-state index is 0.115. The molecule has 1 unspecified atom stereocenters. The first kappa shape index (κ1) is 23.8. The summed E-state index contributed by atoms with van der Waals surface area (Å²) in [6.45, 7) is 1.17. The molecule has 3 aromatic rings. The highest BCUT2D eigenvalue weighted by Crippen LogP contribution is 2.57. The molecule has 12 nitrogen and oxygen atoms in total. The van der Waals surface area contributed by atoms with Crippen LogP contribution in [0.1, 0.15) is 36.8 Å². The molecule has 4 heterocycles. The minimum Gasteiger partial charge on any atom is -0.387 e. The van der Waals surface area contributed by atoms with Crippen molar-refractivity contribution in [3.05, 3.63) is 54.0 Å². The van der Waals surface area contributed by atoms with Gasteiger partial charge in [0.2, 0.25) is 0 Å². The Morgan fingerprint density at radius 2 is 2.23 bits per heavy atom. The Hall–Kier alpha value is -2.88. The van der Waals surface area contributed by atoms with E-state index in [9.17, 15) is 14.8 Å². The Bertz CT molecular complexity index is 1340. The van der Waals surface area contributed by atoms with Gasteiger partial charge in [0.05, 0.1) is 36.3 Å². The normalized spacial score (nSPS) is 33.1. The van der Waals surface area contributed by atoms with Gasteiger partial charge in [-0.15, -0.1) is 0 Å². The number of nitrogens with two attached hydrogens (primary N) is 1. The van der Waals surface area contributed by atoms with E-state index < -0.39 is 38.0 Å². The topological polar surface area (TPSA) is 175 Å². The largest absolute Gasteiger partial charge is 0.475 e. The van der Waals surface area contributed by atoms with E-state index in [-0.39, 0.29) is 19.0 Å². The summed E-state index contributed by atoms with van der Waals surface area (Å²) in [5.74, 6) is 0.270. The number of benzene rings is 1.